The van der Waals surface area contributed by atoms with Gasteiger partial charge in [0.05, 0.1) is 6.04 Å². The van der Waals surface area contributed by atoms with Crippen molar-refractivity contribution in [3.63, 3.8) is 0 Å². The van der Waals surface area contributed by atoms with Crippen LogP contribution in [0.2, 0.25) is 0 Å². The lowest BCUT2D eigenvalue weighted by Gasteiger charge is -2.26. The predicted molar refractivity (Wildman–Crippen MR) is 108 cm³/mol. The summed E-state index contributed by atoms with van der Waals surface area (Å²) in [7, 11) is 0. The average molecular weight is 410 g/mol. The van der Waals surface area contributed by atoms with Gasteiger partial charge in [-0.15, -0.1) is 11.3 Å². The van der Waals surface area contributed by atoms with Crippen LogP contribution in [0.1, 0.15) is 40.5 Å². The van der Waals surface area contributed by atoms with Crippen LogP contribution < -0.4 is 5.32 Å². The van der Waals surface area contributed by atoms with E-state index in [2.05, 4.69) is 16.4 Å². The van der Waals surface area contributed by atoms with E-state index in [0.29, 0.717) is 10.6 Å². The molecule has 3 aromatic rings. The van der Waals surface area contributed by atoms with Gasteiger partial charge in [0.15, 0.2) is 12.3 Å². The molecule has 0 bridgehead atoms. The van der Waals surface area contributed by atoms with E-state index in [-0.39, 0.29) is 30.1 Å². The van der Waals surface area contributed by atoms with E-state index in [1.54, 1.807) is 17.5 Å². The van der Waals surface area contributed by atoms with Gasteiger partial charge in [-0.05, 0) is 54.7 Å². The zero-order chi connectivity index (χ0) is 20.2. The van der Waals surface area contributed by atoms with Gasteiger partial charge in [-0.25, -0.2) is 14.2 Å². The fourth-order valence-corrected chi connectivity index (χ4v) is 4.23. The Kier molecular flexibility index (Phi) is 5.67. The molecule has 0 spiro atoms. The van der Waals surface area contributed by atoms with E-state index in [1.807, 2.05) is 18.2 Å². The molecule has 0 saturated heterocycles. The number of rotatable bonds is 5. The van der Waals surface area contributed by atoms with Crippen LogP contribution in [-0.4, -0.2) is 23.5 Å². The molecule has 1 N–H and O–H groups in total. The number of ether oxygens (including phenoxy) is 1. The summed E-state index contributed by atoms with van der Waals surface area (Å²) in [6.07, 6.45) is 2.88. The Hall–Kier alpha value is -3.06. The summed E-state index contributed by atoms with van der Waals surface area (Å²) in [6.45, 7) is -0.360. The molecule has 1 atom stereocenters. The Morgan fingerprint density at radius 3 is 2.79 bits per heavy atom. The molecule has 1 heterocycles. The van der Waals surface area contributed by atoms with E-state index in [9.17, 15) is 14.0 Å². The first-order valence-corrected chi connectivity index (χ1v) is 10.2. The zero-order valence-corrected chi connectivity index (χ0v) is 16.4. The Morgan fingerprint density at radius 2 is 1.97 bits per heavy atom. The van der Waals surface area contributed by atoms with Crippen LogP contribution >= 0.6 is 11.3 Å². The second kappa shape index (κ2) is 8.53. The standard InChI is InChI=1S/C22H19FN2O3S/c23-16-10-8-15(9-11-16)21-25-19(13-29-21)22(27)28-12-20(26)24-18-7-3-5-14-4-1-2-6-17(14)18/h1-2,4,6,8-11,13,18H,3,5,7,12H2,(H,24,26)/t18-/m0/s1. The van der Waals surface area contributed by atoms with Crippen molar-refractivity contribution in [2.24, 2.45) is 0 Å². The topological polar surface area (TPSA) is 68.3 Å². The number of hydrogen-bond donors (Lipinski definition) is 1. The van der Waals surface area contributed by atoms with Crippen LogP contribution in [0.5, 0.6) is 0 Å². The third-order valence-electron chi connectivity index (χ3n) is 4.84. The van der Waals surface area contributed by atoms with Crippen molar-refractivity contribution in [2.45, 2.75) is 25.3 Å². The van der Waals surface area contributed by atoms with E-state index in [0.717, 1.165) is 24.8 Å². The quantitative estimate of drug-likeness (QED) is 0.637. The predicted octanol–water partition coefficient (Wildman–Crippen LogP) is 4.30. The largest absolute Gasteiger partial charge is 0.451 e. The minimum atomic E-state index is -0.659. The van der Waals surface area contributed by atoms with Crippen LogP contribution in [0, 0.1) is 5.82 Å². The first-order chi connectivity index (χ1) is 14.1. The van der Waals surface area contributed by atoms with Gasteiger partial charge in [0, 0.05) is 10.9 Å². The maximum atomic E-state index is 13.0. The number of benzene rings is 2. The minimum Gasteiger partial charge on any atom is -0.451 e. The third-order valence-corrected chi connectivity index (χ3v) is 5.73. The number of aryl methyl sites for hydroxylation is 1. The van der Waals surface area contributed by atoms with Gasteiger partial charge in [0.1, 0.15) is 10.8 Å². The van der Waals surface area contributed by atoms with Gasteiger partial charge in [0.25, 0.3) is 5.91 Å². The monoisotopic (exact) mass is 410 g/mol. The summed E-state index contributed by atoms with van der Waals surface area (Å²) in [5.74, 6) is -1.33. The Morgan fingerprint density at radius 1 is 1.17 bits per heavy atom. The molecule has 0 unspecified atom stereocenters. The smallest absolute Gasteiger partial charge is 0.358 e. The summed E-state index contributed by atoms with van der Waals surface area (Å²) in [4.78, 5) is 28.7. The highest BCUT2D eigenvalue weighted by molar-refractivity contribution is 7.13. The molecule has 1 aliphatic rings. The molecule has 7 heteroatoms. The second-order valence-corrected chi connectivity index (χ2v) is 7.69. The molecule has 0 saturated carbocycles. The molecule has 4 rings (SSSR count). The van der Waals surface area contributed by atoms with Crippen molar-refractivity contribution >= 4 is 23.2 Å². The number of carbonyl (C=O) groups excluding carboxylic acids is 2. The average Bonchev–Trinajstić information content (AvgIpc) is 3.23. The highest BCUT2D eigenvalue weighted by Gasteiger charge is 2.22. The maximum Gasteiger partial charge on any atom is 0.358 e. The van der Waals surface area contributed by atoms with E-state index >= 15 is 0 Å². The summed E-state index contributed by atoms with van der Waals surface area (Å²) >= 11 is 1.26. The fraction of sp³-hybridized carbons (Fsp3) is 0.227. The molecule has 2 aromatic carbocycles. The van der Waals surface area contributed by atoms with Gasteiger partial charge in [-0.3, -0.25) is 4.79 Å². The summed E-state index contributed by atoms with van der Waals surface area (Å²) < 4.78 is 18.2. The highest BCUT2D eigenvalue weighted by Crippen LogP contribution is 2.29. The normalized spacial score (nSPS) is 15.4. The number of hydrogen-bond acceptors (Lipinski definition) is 5. The van der Waals surface area contributed by atoms with Crippen molar-refractivity contribution in [1.82, 2.24) is 10.3 Å². The van der Waals surface area contributed by atoms with E-state index < -0.39 is 5.97 Å². The minimum absolute atomic E-state index is 0.0597. The molecule has 148 valence electrons. The molecular formula is C22H19FN2O3S. The first-order valence-electron chi connectivity index (χ1n) is 9.36. The zero-order valence-electron chi connectivity index (χ0n) is 15.6. The van der Waals surface area contributed by atoms with Gasteiger partial charge in [-0.1, -0.05) is 24.3 Å². The lowest BCUT2D eigenvalue weighted by molar-refractivity contribution is -0.125. The number of amides is 1. The summed E-state index contributed by atoms with van der Waals surface area (Å²) in [6, 6.07) is 13.9. The molecule has 0 radical (unpaired) electrons. The number of halogens is 1. The number of nitrogens with one attached hydrogen (secondary N) is 1. The molecule has 5 nitrogen and oxygen atoms in total. The Labute approximate surface area is 171 Å². The maximum absolute atomic E-state index is 13.0. The molecule has 0 fully saturated rings. The molecule has 1 amide bonds. The van der Waals surface area contributed by atoms with Crippen LogP contribution in [-0.2, 0) is 16.0 Å². The van der Waals surface area contributed by atoms with Gasteiger partial charge < -0.3 is 10.1 Å². The van der Waals surface area contributed by atoms with Gasteiger partial charge in [-0.2, -0.15) is 0 Å². The number of fused-ring (bicyclic) bond motifs is 1. The Balaban J connectivity index is 1.33. The molecule has 1 aromatic heterocycles. The number of thiazole rings is 1. The molecule has 29 heavy (non-hydrogen) atoms. The van der Waals surface area contributed by atoms with Crippen LogP contribution in [0.15, 0.2) is 53.9 Å². The highest BCUT2D eigenvalue weighted by atomic mass is 32.1. The third kappa shape index (κ3) is 4.51. The SMILES string of the molecule is O=C(COC(=O)c1csc(-c2ccc(F)cc2)n1)N[C@H]1CCCc2ccccc21. The molecular weight excluding hydrogens is 391 g/mol. The van der Waals surface area contributed by atoms with Crippen LogP contribution in [0.25, 0.3) is 10.6 Å². The number of esters is 1. The van der Waals surface area contributed by atoms with E-state index in [4.69, 9.17) is 4.74 Å². The number of aromatic nitrogens is 1. The van der Waals surface area contributed by atoms with Crippen molar-refractivity contribution < 1.29 is 18.7 Å². The van der Waals surface area contributed by atoms with Crippen molar-refractivity contribution in [1.29, 1.82) is 0 Å². The lowest BCUT2D eigenvalue weighted by atomic mass is 9.88. The lowest BCUT2D eigenvalue weighted by Crippen LogP contribution is -2.34. The van der Waals surface area contributed by atoms with Crippen molar-refractivity contribution in [3.05, 3.63) is 76.5 Å². The summed E-state index contributed by atoms with van der Waals surface area (Å²) in [5, 5.41) is 5.10. The summed E-state index contributed by atoms with van der Waals surface area (Å²) in [5.41, 5.74) is 3.22. The van der Waals surface area contributed by atoms with E-state index in [1.165, 1.54) is 29.0 Å². The fourth-order valence-electron chi connectivity index (χ4n) is 3.44. The van der Waals surface area contributed by atoms with Gasteiger partial charge >= 0.3 is 5.97 Å². The van der Waals surface area contributed by atoms with Crippen LogP contribution in [0.4, 0.5) is 4.39 Å². The molecule has 0 aliphatic heterocycles. The van der Waals surface area contributed by atoms with Crippen LogP contribution in [0.3, 0.4) is 0 Å². The van der Waals surface area contributed by atoms with Crippen molar-refractivity contribution in [2.75, 3.05) is 6.61 Å². The first kappa shape index (κ1) is 19.3. The van der Waals surface area contributed by atoms with Crippen molar-refractivity contribution in [3.8, 4) is 10.6 Å². The number of nitrogens with zero attached hydrogens (tertiary/aromatic N) is 1. The number of carbonyl (C=O) groups is 2. The Bertz CT molecular complexity index is 1030. The van der Waals surface area contributed by atoms with Gasteiger partial charge in [0.2, 0.25) is 0 Å². The molecule has 1 aliphatic carbocycles. The second-order valence-electron chi connectivity index (χ2n) is 6.83.